The minimum atomic E-state index is -0.233. The van der Waals surface area contributed by atoms with Crippen LogP contribution in [0.5, 0.6) is 0 Å². The molecule has 1 fully saturated rings. The van der Waals surface area contributed by atoms with E-state index >= 15 is 0 Å². The molecule has 168 valence electrons. The number of nitrogens with one attached hydrogen (secondary N) is 1. The van der Waals surface area contributed by atoms with Gasteiger partial charge in [0.15, 0.2) is 5.11 Å². The van der Waals surface area contributed by atoms with Gasteiger partial charge in [0.25, 0.3) is 0 Å². The molecule has 0 atom stereocenters. The summed E-state index contributed by atoms with van der Waals surface area (Å²) in [5, 5.41) is 3.96. The Morgan fingerprint density at radius 3 is 1.94 bits per heavy atom. The highest BCUT2D eigenvalue weighted by Gasteiger charge is 2.27. The number of nitrogens with zero attached hydrogens (tertiary/aromatic N) is 2. The van der Waals surface area contributed by atoms with Crippen molar-refractivity contribution in [1.29, 1.82) is 0 Å². The van der Waals surface area contributed by atoms with Crippen LogP contribution in [0.4, 0.5) is 0 Å². The molecule has 1 aliphatic heterocycles. The Morgan fingerprint density at radius 1 is 0.848 bits per heavy atom. The highest BCUT2D eigenvalue weighted by Crippen LogP contribution is 2.29. The summed E-state index contributed by atoms with van der Waals surface area (Å²) in [7, 11) is 0. The topological polar surface area (TPSA) is 35.6 Å². The first-order valence-electron chi connectivity index (χ1n) is 11.0. The average molecular weight is 476 g/mol. The van der Waals surface area contributed by atoms with E-state index in [1.54, 1.807) is 18.2 Å². The predicted molar refractivity (Wildman–Crippen MR) is 139 cm³/mol. The highest BCUT2D eigenvalue weighted by molar-refractivity contribution is 7.80. The summed E-state index contributed by atoms with van der Waals surface area (Å²) in [6, 6.07) is 28.7. The highest BCUT2D eigenvalue weighted by atomic mass is 35.5. The molecule has 0 aliphatic carbocycles. The molecule has 4 rings (SSSR count). The number of hydrogen-bond acceptors (Lipinski definition) is 3. The van der Waals surface area contributed by atoms with Crippen LogP contribution in [0.1, 0.15) is 22.7 Å². The zero-order chi connectivity index (χ0) is 23.0. The van der Waals surface area contributed by atoms with Gasteiger partial charge in [0.1, 0.15) is 0 Å². The minimum absolute atomic E-state index is 0.194. The third kappa shape index (κ3) is 6.29. The van der Waals surface area contributed by atoms with Crippen molar-refractivity contribution in [2.45, 2.75) is 6.04 Å². The van der Waals surface area contributed by atoms with E-state index in [2.05, 4.69) is 63.6 Å². The van der Waals surface area contributed by atoms with Gasteiger partial charge in [0.05, 0.1) is 6.04 Å². The van der Waals surface area contributed by atoms with E-state index in [4.69, 9.17) is 23.8 Å². The van der Waals surface area contributed by atoms with Gasteiger partial charge >= 0.3 is 0 Å². The first-order chi connectivity index (χ1) is 16.1. The number of carbonyl (C=O) groups excluding carboxylic acids is 1. The standard InChI is InChI=1S/C27H26ClN3OS/c28-24-14-11-21(12-15-24)13-16-25(32)29-27(33)31-19-17-30(18-20-31)26(22-7-3-1-4-8-22)23-9-5-2-6-10-23/h1-16,26H,17-20H2,(H,29,32,33)/b16-13+. The Bertz CT molecular complexity index is 1060. The Morgan fingerprint density at radius 2 is 1.39 bits per heavy atom. The maximum atomic E-state index is 12.3. The van der Waals surface area contributed by atoms with Gasteiger partial charge in [-0.25, -0.2) is 0 Å². The zero-order valence-electron chi connectivity index (χ0n) is 18.2. The van der Waals surface area contributed by atoms with E-state index in [1.807, 2.05) is 24.3 Å². The van der Waals surface area contributed by atoms with Gasteiger partial charge in [-0.05, 0) is 47.1 Å². The van der Waals surface area contributed by atoms with E-state index in [1.165, 1.54) is 17.2 Å². The van der Waals surface area contributed by atoms with Crippen LogP contribution in [0.2, 0.25) is 5.02 Å². The Labute approximate surface area is 205 Å². The number of benzene rings is 3. The number of halogens is 1. The largest absolute Gasteiger partial charge is 0.346 e. The zero-order valence-corrected chi connectivity index (χ0v) is 19.8. The second-order valence-corrected chi connectivity index (χ2v) is 8.75. The first kappa shape index (κ1) is 23.2. The van der Waals surface area contributed by atoms with Gasteiger partial charge in [-0.2, -0.15) is 0 Å². The summed E-state index contributed by atoms with van der Waals surface area (Å²) < 4.78 is 0. The Balaban J connectivity index is 1.35. The molecule has 0 aromatic heterocycles. The summed E-state index contributed by atoms with van der Waals surface area (Å²) in [6.45, 7) is 3.22. The van der Waals surface area contributed by atoms with Crippen LogP contribution >= 0.6 is 23.8 Å². The summed E-state index contributed by atoms with van der Waals surface area (Å²) in [5.41, 5.74) is 3.46. The molecule has 1 aliphatic rings. The van der Waals surface area contributed by atoms with E-state index in [0.29, 0.717) is 10.1 Å². The van der Waals surface area contributed by atoms with Crippen molar-refractivity contribution < 1.29 is 4.79 Å². The fourth-order valence-corrected chi connectivity index (χ4v) is 4.45. The lowest BCUT2D eigenvalue weighted by Crippen LogP contribution is -2.53. The number of hydrogen-bond donors (Lipinski definition) is 1. The number of amides is 1. The third-order valence-corrected chi connectivity index (χ3v) is 6.34. The predicted octanol–water partition coefficient (Wildman–Crippen LogP) is 5.16. The molecule has 0 bridgehead atoms. The number of thiocarbonyl (C=S) groups is 1. The van der Waals surface area contributed by atoms with Crippen molar-refractivity contribution in [3.05, 3.63) is 113 Å². The first-order valence-corrected chi connectivity index (χ1v) is 11.8. The van der Waals surface area contributed by atoms with Crippen molar-refractivity contribution >= 4 is 40.9 Å². The summed E-state index contributed by atoms with van der Waals surface area (Å²) in [6.07, 6.45) is 3.24. The van der Waals surface area contributed by atoms with E-state index < -0.39 is 0 Å². The molecule has 1 N–H and O–H groups in total. The van der Waals surface area contributed by atoms with E-state index in [9.17, 15) is 4.79 Å². The fourth-order valence-electron chi connectivity index (χ4n) is 4.04. The van der Waals surface area contributed by atoms with Gasteiger partial charge in [-0.1, -0.05) is 84.4 Å². The van der Waals surface area contributed by atoms with Crippen molar-refractivity contribution in [2.75, 3.05) is 26.2 Å². The van der Waals surface area contributed by atoms with Gasteiger partial charge < -0.3 is 4.90 Å². The molecule has 0 radical (unpaired) electrons. The quantitative estimate of drug-likeness (QED) is 0.408. The van der Waals surface area contributed by atoms with Crippen LogP contribution in [-0.2, 0) is 4.79 Å². The lowest BCUT2D eigenvalue weighted by Gasteiger charge is -2.40. The molecule has 6 heteroatoms. The molecular weight excluding hydrogens is 450 g/mol. The fraction of sp³-hybridized carbons (Fsp3) is 0.185. The van der Waals surface area contributed by atoms with Crippen molar-refractivity contribution in [3.8, 4) is 0 Å². The molecular formula is C27H26ClN3OS. The molecule has 3 aromatic rings. The monoisotopic (exact) mass is 475 g/mol. The van der Waals surface area contributed by atoms with Crippen LogP contribution < -0.4 is 5.32 Å². The van der Waals surface area contributed by atoms with Crippen molar-refractivity contribution in [2.24, 2.45) is 0 Å². The Hall–Kier alpha value is -2.99. The SMILES string of the molecule is O=C(/C=C/c1ccc(Cl)cc1)NC(=S)N1CCN(C(c2ccccc2)c2ccccc2)CC1. The molecule has 4 nitrogen and oxygen atoms in total. The number of rotatable bonds is 5. The molecule has 33 heavy (non-hydrogen) atoms. The third-order valence-electron chi connectivity index (χ3n) is 5.72. The van der Waals surface area contributed by atoms with Crippen LogP contribution in [0.3, 0.4) is 0 Å². The molecule has 0 saturated carbocycles. The smallest absolute Gasteiger partial charge is 0.250 e. The average Bonchev–Trinajstić information content (AvgIpc) is 2.85. The lowest BCUT2D eigenvalue weighted by atomic mass is 9.96. The van der Waals surface area contributed by atoms with Gasteiger partial charge in [-0.3, -0.25) is 15.0 Å². The number of carbonyl (C=O) groups is 1. The van der Waals surface area contributed by atoms with Crippen LogP contribution in [0.25, 0.3) is 6.08 Å². The number of piperazine rings is 1. The second kappa shape index (κ2) is 11.2. The van der Waals surface area contributed by atoms with Gasteiger partial charge in [0.2, 0.25) is 5.91 Å². The normalized spacial score (nSPS) is 14.5. The lowest BCUT2D eigenvalue weighted by molar-refractivity contribution is -0.115. The minimum Gasteiger partial charge on any atom is -0.346 e. The van der Waals surface area contributed by atoms with Crippen LogP contribution in [0.15, 0.2) is 91.0 Å². The maximum absolute atomic E-state index is 12.3. The van der Waals surface area contributed by atoms with Crippen LogP contribution in [0, 0.1) is 0 Å². The summed E-state index contributed by atoms with van der Waals surface area (Å²) in [5.74, 6) is -0.233. The molecule has 0 unspecified atom stereocenters. The molecule has 0 spiro atoms. The second-order valence-electron chi connectivity index (χ2n) is 7.93. The van der Waals surface area contributed by atoms with E-state index in [-0.39, 0.29) is 11.9 Å². The van der Waals surface area contributed by atoms with Crippen LogP contribution in [-0.4, -0.2) is 47.0 Å². The molecule has 1 saturated heterocycles. The van der Waals surface area contributed by atoms with Gasteiger partial charge in [-0.15, -0.1) is 0 Å². The molecule has 3 aromatic carbocycles. The van der Waals surface area contributed by atoms with Crippen molar-refractivity contribution in [1.82, 2.24) is 15.1 Å². The van der Waals surface area contributed by atoms with E-state index in [0.717, 1.165) is 31.7 Å². The maximum Gasteiger partial charge on any atom is 0.250 e. The van der Waals surface area contributed by atoms with Gasteiger partial charge in [0, 0.05) is 37.3 Å². The molecule has 1 heterocycles. The molecule has 1 amide bonds. The summed E-state index contributed by atoms with van der Waals surface area (Å²) >= 11 is 11.4. The summed E-state index contributed by atoms with van der Waals surface area (Å²) in [4.78, 5) is 16.9. The van der Waals surface area contributed by atoms with Crippen molar-refractivity contribution in [3.63, 3.8) is 0 Å². The Kier molecular flexibility index (Phi) is 7.89.